The number of urea groups is 1. The predicted octanol–water partition coefficient (Wildman–Crippen LogP) is 2.36. The van der Waals surface area contributed by atoms with Gasteiger partial charge in [-0.15, -0.1) is 0 Å². The zero-order chi connectivity index (χ0) is 14.9. The summed E-state index contributed by atoms with van der Waals surface area (Å²) in [6, 6.07) is 13.5. The fourth-order valence-corrected chi connectivity index (χ4v) is 2.04. The maximum absolute atomic E-state index is 11.8. The van der Waals surface area contributed by atoms with E-state index in [1.54, 1.807) is 0 Å². The molecule has 0 radical (unpaired) electrons. The van der Waals surface area contributed by atoms with Crippen molar-refractivity contribution in [3.8, 4) is 0 Å². The fraction of sp³-hybridized carbons (Fsp3) is 0.312. The van der Waals surface area contributed by atoms with E-state index in [4.69, 9.17) is 9.84 Å². The number of aliphatic hydroxyl groups excluding tert-OH is 1. The minimum absolute atomic E-state index is 0.0228. The van der Waals surface area contributed by atoms with Crippen molar-refractivity contribution in [1.29, 1.82) is 0 Å². The van der Waals surface area contributed by atoms with E-state index >= 15 is 0 Å². The Morgan fingerprint density at radius 2 is 1.90 bits per heavy atom. The van der Waals surface area contributed by atoms with Gasteiger partial charge in [0.15, 0.2) is 0 Å². The minimum atomic E-state index is -0.228. The average Bonchev–Trinajstić information content (AvgIpc) is 2.51. The Hall–Kier alpha value is -2.11. The Labute approximate surface area is 123 Å². The molecular formula is C16H20N2O3. The number of ether oxygens (including phenoxy) is 1. The maximum atomic E-state index is 11.8. The van der Waals surface area contributed by atoms with E-state index in [1.807, 2.05) is 42.5 Å². The molecule has 0 aliphatic rings. The van der Waals surface area contributed by atoms with Gasteiger partial charge >= 0.3 is 6.03 Å². The number of hydrogen-bond donors (Lipinski definition) is 3. The first kappa shape index (κ1) is 15.3. The van der Waals surface area contributed by atoms with Gasteiger partial charge in [0.25, 0.3) is 0 Å². The molecule has 21 heavy (non-hydrogen) atoms. The van der Waals surface area contributed by atoms with Gasteiger partial charge in [0.2, 0.25) is 0 Å². The van der Waals surface area contributed by atoms with Crippen LogP contribution in [0.2, 0.25) is 0 Å². The normalized spacial score (nSPS) is 10.5. The molecule has 5 heteroatoms. The van der Waals surface area contributed by atoms with Crippen LogP contribution >= 0.6 is 0 Å². The Balaban J connectivity index is 1.82. The topological polar surface area (TPSA) is 70.6 Å². The van der Waals surface area contributed by atoms with Crippen LogP contribution in [-0.4, -0.2) is 37.5 Å². The van der Waals surface area contributed by atoms with Crippen molar-refractivity contribution in [3.05, 3.63) is 42.5 Å². The highest BCUT2D eigenvalue weighted by molar-refractivity contribution is 6.01. The minimum Gasteiger partial charge on any atom is -0.394 e. The molecule has 2 aromatic rings. The first-order chi connectivity index (χ1) is 10.3. The van der Waals surface area contributed by atoms with Gasteiger partial charge in [-0.2, -0.15) is 0 Å². The number of benzene rings is 2. The third kappa shape index (κ3) is 4.73. The molecule has 5 nitrogen and oxygen atoms in total. The van der Waals surface area contributed by atoms with E-state index in [2.05, 4.69) is 10.6 Å². The molecule has 0 bridgehead atoms. The van der Waals surface area contributed by atoms with Crippen LogP contribution in [0.4, 0.5) is 10.5 Å². The van der Waals surface area contributed by atoms with Crippen molar-refractivity contribution < 1.29 is 14.6 Å². The van der Waals surface area contributed by atoms with Gasteiger partial charge in [-0.3, -0.25) is 0 Å². The van der Waals surface area contributed by atoms with E-state index in [-0.39, 0.29) is 12.6 Å². The molecule has 0 spiro atoms. The van der Waals surface area contributed by atoms with Crippen LogP contribution in [0.1, 0.15) is 6.42 Å². The summed E-state index contributed by atoms with van der Waals surface area (Å²) in [5.74, 6) is 0. The second-order valence-corrected chi connectivity index (χ2v) is 4.60. The van der Waals surface area contributed by atoms with E-state index in [0.717, 1.165) is 16.5 Å². The van der Waals surface area contributed by atoms with E-state index in [9.17, 15) is 4.79 Å². The molecule has 0 unspecified atom stereocenters. The molecule has 0 aromatic heterocycles. The summed E-state index contributed by atoms with van der Waals surface area (Å²) >= 11 is 0. The van der Waals surface area contributed by atoms with Crippen molar-refractivity contribution in [2.45, 2.75) is 6.42 Å². The van der Waals surface area contributed by atoms with Crippen molar-refractivity contribution in [1.82, 2.24) is 5.32 Å². The number of aliphatic hydroxyl groups is 1. The Morgan fingerprint density at radius 3 is 2.76 bits per heavy atom. The lowest BCUT2D eigenvalue weighted by Gasteiger charge is -2.10. The van der Waals surface area contributed by atoms with Crippen LogP contribution in [0.5, 0.6) is 0 Å². The molecule has 0 aliphatic heterocycles. The largest absolute Gasteiger partial charge is 0.394 e. The Morgan fingerprint density at radius 1 is 1.10 bits per heavy atom. The SMILES string of the molecule is O=C(NCCCOCCO)Nc1cccc2ccccc12. The zero-order valence-corrected chi connectivity index (χ0v) is 11.8. The van der Waals surface area contributed by atoms with Crippen LogP contribution in [0.3, 0.4) is 0 Å². The van der Waals surface area contributed by atoms with Gasteiger partial charge in [0.05, 0.1) is 18.9 Å². The maximum Gasteiger partial charge on any atom is 0.319 e. The van der Waals surface area contributed by atoms with Gasteiger partial charge in [0.1, 0.15) is 0 Å². The van der Waals surface area contributed by atoms with Gasteiger partial charge in [-0.05, 0) is 17.9 Å². The number of rotatable bonds is 7. The Kier molecular flexibility index (Phi) is 5.99. The van der Waals surface area contributed by atoms with Gasteiger partial charge < -0.3 is 20.5 Å². The summed E-state index contributed by atoms with van der Waals surface area (Å²) in [6.45, 7) is 1.41. The molecule has 2 amide bonds. The van der Waals surface area contributed by atoms with Gasteiger partial charge in [0, 0.05) is 18.5 Å². The summed E-state index contributed by atoms with van der Waals surface area (Å²) in [5.41, 5.74) is 0.794. The highest BCUT2D eigenvalue weighted by Crippen LogP contribution is 2.22. The first-order valence-electron chi connectivity index (χ1n) is 7.02. The highest BCUT2D eigenvalue weighted by Gasteiger charge is 2.04. The lowest BCUT2D eigenvalue weighted by Crippen LogP contribution is -2.30. The summed E-state index contributed by atoms with van der Waals surface area (Å²) < 4.78 is 5.12. The molecule has 2 rings (SSSR count). The number of carbonyl (C=O) groups excluding carboxylic acids is 1. The molecule has 2 aromatic carbocycles. The van der Waals surface area contributed by atoms with Crippen molar-refractivity contribution in [3.63, 3.8) is 0 Å². The van der Waals surface area contributed by atoms with Gasteiger partial charge in [-0.1, -0.05) is 36.4 Å². The lowest BCUT2D eigenvalue weighted by atomic mass is 10.1. The highest BCUT2D eigenvalue weighted by atomic mass is 16.5. The van der Waals surface area contributed by atoms with Crippen molar-refractivity contribution >= 4 is 22.5 Å². The lowest BCUT2D eigenvalue weighted by molar-refractivity contribution is 0.0910. The number of anilines is 1. The smallest absolute Gasteiger partial charge is 0.319 e. The summed E-state index contributed by atoms with van der Waals surface area (Å²) in [5, 5.41) is 16.3. The van der Waals surface area contributed by atoms with Crippen molar-refractivity contribution in [2.75, 3.05) is 31.7 Å². The van der Waals surface area contributed by atoms with Crippen molar-refractivity contribution in [2.24, 2.45) is 0 Å². The van der Waals surface area contributed by atoms with Crippen LogP contribution in [0.15, 0.2) is 42.5 Å². The monoisotopic (exact) mass is 288 g/mol. The average molecular weight is 288 g/mol. The molecule has 0 aliphatic carbocycles. The molecule has 112 valence electrons. The molecule has 3 N–H and O–H groups in total. The second kappa shape index (κ2) is 8.24. The second-order valence-electron chi connectivity index (χ2n) is 4.60. The van der Waals surface area contributed by atoms with E-state index in [0.29, 0.717) is 26.2 Å². The third-order valence-electron chi connectivity index (χ3n) is 3.02. The predicted molar refractivity (Wildman–Crippen MR) is 83.5 cm³/mol. The summed E-state index contributed by atoms with van der Waals surface area (Å²) in [4.78, 5) is 11.8. The van der Waals surface area contributed by atoms with Crippen LogP contribution in [0.25, 0.3) is 10.8 Å². The van der Waals surface area contributed by atoms with Crippen LogP contribution < -0.4 is 10.6 Å². The molecule has 0 fully saturated rings. The molecule has 0 heterocycles. The molecule has 0 atom stereocenters. The number of fused-ring (bicyclic) bond motifs is 1. The first-order valence-corrected chi connectivity index (χ1v) is 7.02. The summed E-state index contributed by atoms with van der Waals surface area (Å²) in [7, 11) is 0. The quantitative estimate of drug-likeness (QED) is 0.685. The van der Waals surface area contributed by atoms with E-state index in [1.165, 1.54) is 0 Å². The summed E-state index contributed by atoms with van der Waals surface area (Å²) in [6.07, 6.45) is 0.711. The Bertz CT molecular complexity index is 581. The number of nitrogens with one attached hydrogen (secondary N) is 2. The fourth-order valence-electron chi connectivity index (χ4n) is 2.04. The number of amides is 2. The van der Waals surface area contributed by atoms with Crippen LogP contribution in [-0.2, 0) is 4.74 Å². The van der Waals surface area contributed by atoms with Crippen LogP contribution in [0, 0.1) is 0 Å². The van der Waals surface area contributed by atoms with Gasteiger partial charge in [-0.25, -0.2) is 4.79 Å². The molecular weight excluding hydrogens is 268 g/mol. The molecule has 0 saturated heterocycles. The zero-order valence-electron chi connectivity index (χ0n) is 11.8. The number of hydrogen-bond acceptors (Lipinski definition) is 3. The van der Waals surface area contributed by atoms with E-state index < -0.39 is 0 Å². The number of carbonyl (C=O) groups is 1. The molecule has 0 saturated carbocycles. The standard InChI is InChI=1S/C16H20N2O3/c19-10-12-21-11-4-9-17-16(20)18-15-8-3-6-13-5-1-2-7-14(13)15/h1-3,5-8,19H,4,9-12H2,(H2,17,18,20). The third-order valence-corrected chi connectivity index (χ3v) is 3.02.